The van der Waals surface area contributed by atoms with E-state index in [1.54, 1.807) is 12.1 Å². The minimum Gasteiger partial charge on any atom is -0.353 e. The van der Waals surface area contributed by atoms with Gasteiger partial charge in [0.1, 0.15) is 11.6 Å². The van der Waals surface area contributed by atoms with Crippen molar-refractivity contribution in [1.82, 2.24) is 14.9 Å². The summed E-state index contributed by atoms with van der Waals surface area (Å²) in [4.78, 5) is 26.0. The molecule has 0 radical (unpaired) electrons. The van der Waals surface area contributed by atoms with E-state index >= 15 is 0 Å². The van der Waals surface area contributed by atoms with Crippen LogP contribution in [0.5, 0.6) is 0 Å². The summed E-state index contributed by atoms with van der Waals surface area (Å²) < 4.78 is 13.6. The molecule has 0 bridgehead atoms. The van der Waals surface area contributed by atoms with Crippen LogP contribution in [0.25, 0.3) is 11.4 Å². The highest BCUT2D eigenvalue weighted by Crippen LogP contribution is 2.22. The lowest BCUT2D eigenvalue weighted by Gasteiger charge is -2.35. The van der Waals surface area contributed by atoms with Gasteiger partial charge < -0.3 is 9.80 Å². The lowest BCUT2D eigenvalue weighted by molar-refractivity contribution is 0.0746. The van der Waals surface area contributed by atoms with E-state index in [9.17, 15) is 9.18 Å². The number of benzene rings is 2. The molecule has 4 rings (SSSR count). The van der Waals surface area contributed by atoms with Gasteiger partial charge in [-0.3, -0.25) is 4.79 Å². The summed E-state index contributed by atoms with van der Waals surface area (Å²) in [7, 11) is 0. The molecule has 0 spiro atoms. The van der Waals surface area contributed by atoms with Crippen LogP contribution in [0.2, 0.25) is 0 Å². The number of nitrogens with zero attached hydrogens (tertiary/aromatic N) is 4. The predicted molar refractivity (Wildman–Crippen MR) is 111 cm³/mol. The van der Waals surface area contributed by atoms with E-state index < -0.39 is 0 Å². The van der Waals surface area contributed by atoms with Crippen LogP contribution < -0.4 is 4.90 Å². The summed E-state index contributed by atoms with van der Waals surface area (Å²) in [5.41, 5.74) is 3.23. The molecular weight excluding hydrogens is 367 g/mol. The first-order chi connectivity index (χ1) is 14.0. The minimum atomic E-state index is -0.308. The molecule has 0 unspecified atom stereocenters. The van der Waals surface area contributed by atoms with Gasteiger partial charge in [0.25, 0.3) is 5.91 Å². The third kappa shape index (κ3) is 4.11. The number of piperazine rings is 1. The fourth-order valence-corrected chi connectivity index (χ4v) is 3.59. The second-order valence-corrected chi connectivity index (χ2v) is 7.30. The van der Waals surface area contributed by atoms with Gasteiger partial charge in [0.2, 0.25) is 0 Å². The Bertz CT molecular complexity index is 1040. The lowest BCUT2D eigenvalue weighted by Crippen LogP contribution is -2.49. The van der Waals surface area contributed by atoms with Crippen molar-refractivity contribution in [3.05, 3.63) is 77.2 Å². The highest BCUT2D eigenvalue weighted by Gasteiger charge is 2.24. The minimum absolute atomic E-state index is 0.0714. The van der Waals surface area contributed by atoms with Crippen molar-refractivity contribution in [2.75, 3.05) is 31.1 Å². The molecule has 0 aliphatic carbocycles. The van der Waals surface area contributed by atoms with Gasteiger partial charge in [0.15, 0.2) is 5.82 Å². The van der Waals surface area contributed by atoms with E-state index in [-0.39, 0.29) is 11.7 Å². The van der Waals surface area contributed by atoms with Crippen molar-refractivity contribution in [3.8, 4) is 11.4 Å². The number of hydrogen-bond acceptors (Lipinski definition) is 4. The highest BCUT2D eigenvalue weighted by atomic mass is 19.1. The number of carbonyl (C=O) groups is 1. The summed E-state index contributed by atoms with van der Waals surface area (Å²) in [6.07, 6.45) is 0. The van der Waals surface area contributed by atoms with Gasteiger partial charge in [-0.2, -0.15) is 0 Å². The molecule has 5 nitrogen and oxygen atoms in total. The zero-order valence-corrected chi connectivity index (χ0v) is 16.6. The van der Waals surface area contributed by atoms with Crippen LogP contribution >= 0.6 is 0 Å². The van der Waals surface area contributed by atoms with Crippen molar-refractivity contribution >= 4 is 11.7 Å². The van der Waals surface area contributed by atoms with E-state index in [4.69, 9.17) is 0 Å². The van der Waals surface area contributed by atoms with Crippen molar-refractivity contribution < 1.29 is 9.18 Å². The first-order valence-corrected chi connectivity index (χ1v) is 9.73. The summed E-state index contributed by atoms with van der Waals surface area (Å²) in [6.45, 7) is 6.51. The van der Waals surface area contributed by atoms with Gasteiger partial charge in [0, 0.05) is 49.1 Å². The topological polar surface area (TPSA) is 49.3 Å². The zero-order valence-electron chi connectivity index (χ0n) is 16.6. The maximum atomic E-state index is 13.6. The molecule has 1 aliphatic heterocycles. The van der Waals surface area contributed by atoms with E-state index in [1.165, 1.54) is 12.1 Å². The molecule has 2 heterocycles. The van der Waals surface area contributed by atoms with Crippen LogP contribution in [0.15, 0.2) is 54.6 Å². The summed E-state index contributed by atoms with van der Waals surface area (Å²) >= 11 is 0. The van der Waals surface area contributed by atoms with E-state index in [0.717, 1.165) is 22.6 Å². The third-order valence-electron chi connectivity index (χ3n) is 5.19. The molecule has 0 atom stereocenters. The fourth-order valence-electron chi connectivity index (χ4n) is 3.59. The molecule has 1 saturated heterocycles. The molecule has 0 N–H and O–H groups in total. The number of anilines is 1. The smallest absolute Gasteiger partial charge is 0.254 e. The maximum absolute atomic E-state index is 13.6. The Morgan fingerprint density at radius 3 is 2.41 bits per heavy atom. The second-order valence-electron chi connectivity index (χ2n) is 7.30. The number of aromatic nitrogens is 2. The molecule has 29 heavy (non-hydrogen) atoms. The van der Waals surface area contributed by atoms with Crippen molar-refractivity contribution in [2.24, 2.45) is 0 Å². The molecule has 1 aliphatic rings. The van der Waals surface area contributed by atoms with Gasteiger partial charge in [-0.1, -0.05) is 30.3 Å². The Hall–Kier alpha value is -3.28. The molecule has 0 saturated carbocycles. The second kappa shape index (κ2) is 7.99. The Balaban J connectivity index is 1.50. The van der Waals surface area contributed by atoms with E-state index in [0.29, 0.717) is 37.6 Å². The van der Waals surface area contributed by atoms with Crippen molar-refractivity contribution in [2.45, 2.75) is 13.8 Å². The van der Waals surface area contributed by atoms with Gasteiger partial charge >= 0.3 is 0 Å². The Labute approximate surface area is 169 Å². The van der Waals surface area contributed by atoms with E-state index in [2.05, 4.69) is 14.9 Å². The summed E-state index contributed by atoms with van der Waals surface area (Å²) in [5.74, 6) is 1.08. The van der Waals surface area contributed by atoms with Crippen LogP contribution in [0.1, 0.15) is 21.6 Å². The third-order valence-corrected chi connectivity index (χ3v) is 5.19. The van der Waals surface area contributed by atoms with Crippen molar-refractivity contribution in [3.63, 3.8) is 0 Å². The standard InChI is InChI=1S/C23H23FN4O/c1-16-6-3-4-9-20(16)23(29)28-12-10-27(11-13-28)21-14-17(2)25-22(26-21)18-7-5-8-19(24)15-18/h3-9,14-15H,10-13H2,1-2H3. The quantitative estimate of drug-likeness (QED) is 0.681. The van der Waals surface area contributed by atoms with Crippen molar-refractivity contribution in [1.29, 1.82) is 0 Å². The predicted octanol–water partition coefficient (Wildman–Crippen LogP) is 3.86. The Kier molecular flexibility index (Phi) is 5.25. The SMILES string of the molecule is Cc1cc(N2CCN(C(=O)c3ccccc3C)CC2)nc(-c2cccc(F)c2)n1. The summed E-state index contributed by atoms with van der Waals surface area (Å²) in [5, 5.41) is 0. The Morgan fingerprint density at radius 1 is 0.931 bits per heavy atom. The van der Waals surface area contributed by atoms with Crippen LogP contribution in [-0.2, 0) is 0 Å². The average molecular weight is 390 g/mol. The van der Waals surface area contributed by atoms with Crippen LogP contribution in [-0.4, -0.2) is 47.0 Å². The monoisotopic (exact) mass is 390 g/mol. The molecule has 1 aromatic heterocycles. The van der Waals surface area contributed by atoms with Crippen LogP contribution in [0.3, 0.4) is 0 Å². The molecule has 148 valence electrons. The zero-order chi connectivity index (χ0) is 20.4. The number of hydrogen-bond donors (Lipinski definition) is 0. The normalized spacial score (nSPS) is 14.2. The van der Waals surface area contributed by atoms with Gasteiger partial charge in [0.05, 0.1) is 0 Å². The molecular formula is C23H23FN4O. The van der Waals surface area contributed by atoms with Gasteiger partial charge in [-0.15, -0.1) is 0 Å². The number of amides is 1. The number of halogens is 1. The number of carbonyl (C=O) groups excluding carboxylic acids is 1. The maximum Gasteiger partial charge on any atom is 0.254 e. The van der Waals surface area contributed by atoms with Crippen LogP contribution in [0.4, 0.5) is 10.2 Å². The molecule has 1 fully saturated rings. The fraction of sp³-hybridized carbons (Fsp3) is 0.261. The van der Waals surface area contributed by atoms with Gasteiger partial charge in [-0.25, -0.2) is 14.4 Å². The first kappa shape index (κ1) is 19.1. The number of rotatable bonds is 3. The highest BCUT2D eigenvalue weighted by molar-refractivity contribution is 5.95. The number of aryl methyl sites for hydroxylation is 2. The molecule has 1 amide bonds. The lowest BCUT2D eigenvalue weighted by atomic mass is 10.1. The molecule has 3 aromatic rings. The first-order valence-electron chi connectivity index (χ1n) is 9.73. The summed E-state index contributed by atoms with van der Waals surface area (Å²) in [6, 6.07) is 15.9. The molecule has 2 aromatic carbocycles. The van der Waals surface area contributed by atoms with Crippen LogP contribution in [0, 0.1) is 19.7 Å². The van der Waals surface area contributed by atoms with Gasteiger partial charge in [-0.05, 0) is 37.6 Å². The largest absolute Gasteiger partial charge is 0.353 e. The average Bonchev–Trinajstić information content (AvgIpc) is 2.73. The Morgan fingerprint density at radius 2 is 1.69 bits per heavy atom. The molecule has 6 heteroatoms. The van der Waals surface area contributed by atoms with E-state index in [1.807, 2.05) is 49.1 Å².